The zero-order valence-corrected chi connectivity index (χ0v) is 22.5. The fourth-order valence-electron chi connectivity index (χ4n) is 4.48. The molecule has 4 aromatic rings. The van der Waals surface area contributed by atoms with Crippen LogP contribution in [0.1, 0.15) is 47.9 Å². The number of hydrogen-bond donors (Lipinski definition) is 1. The van der Waals surface area contributed by atoms with Crippen LogP contribution in [0, 0.1) is 0 Å². The van der Waals surface area contributed by atoms with Crippen LogP contribution in [0.5, 0.6) is 17.2 Å². The minimum Gasteiger partial charge on any atom is -0.494 e. The number of fused-ring (bicyclic) bond motifs is 1. The smallest absolute Gasteiger partial charge is 0.251 e. The van der Waals surface area contributed by atoms with E-state index < -0.39 is 0 Å². The molecule has 0 radical (unpaired) electrons. The molecule has 0 aliphatic carbocycles. The molecule has 1 N–H and O–H groups in total. The lowest BCUT2D eigenvalue weighted by Crippen LogP contribution is -2.25. The number of rotatable bonds is 14. The van der Waals surface area contributed by atoms with Gasteiger partial charge in [-0.1, -0.05) is 31.2 Å². The Kier molecular flexibility index (Phi) is 9.62. The molecule has 200 valence electrons. The normalized spacial score (nSPS) is 10.9. The van der Waals surface area contributed by atoms with Gasteiger partial charge >= 0.3 is 0 Å². The standard InChI is InChI=1S/C31H37N3O4/c1-4-23-13-16-25(17-14-23)38-21-8-7-20-34-27-11-6-5-10-26(27)33-30(34)12-9-19-32-31(35)24-15-18-28(36-2)29(22-24)37-3/h5-6,10-11,13-18,22H,4,7-9,12,19-21H2,1-3H3,(H,32,35). The molecule has 7 nitrogen and oxygen atoms in total. The summed E-state index contributed by atoms with van der Waals surface area (Å²) in [7, 11) is 3.13. The number of amides is 1. The highest BCUT2D eigenvalue weighted by Gasteiger charge is 2.12. The van der Waals surface area contributed by atoms with Gasteiger partial charge in [0.15, 0.2) is 11.5 Å². The molecule has 0 atom stereocenters. The van der Waals surface area contributed by atoms with Crippen molar-refractivity contribution >= 4 is 16.9 Å². The van der Waals surface area contributed by atoms with Crippen LogP contribution in [0.15, 0.2) is 66.7 Å². The van der Waals surface area contributed by atoms with Crippen LogP contribution in [-0.2, 0) is 19.4 Å². The summed E-state index contributed by atoms with van der Waals surface area (Å²) in [4.78, 5) is 17.5. The average molecular weight is 516 g/mol. The van der Waals surface area contributed by atoms with Gasteiger partial charge in [-0.3, -0.25) is 4.79 Å². The number of carbonyl (C=O) groups excluding carboxylic acids is 1. The molecule has 0 aliphatic rings. The number of ether oxygens (including phenoxy) is 3. The molecule has 0 aliphatic heterocycles. The van der Waals surface area contributed by atoms with E-state index >= 15 is 0 Å². The van der Waals surface area contributed by atoms with Crippen molar-refractivity contribution in [2.45, 2.75) is 45.6 Å². The summed E-state index contributed by atoms with van der Waals surface area (Å²) < 4.78 is 18.8. The van der Waals surface area contributed by atoms with Gasteiger partial charge in [0.05, 0.1) is 31.9 Å². The van der Waals surface area contributed by atoms with Crippen LogP contribution >= 0.6 is 0 Å². The Hall–Kier alpha value is -4.00. The van der Waals surface area contributed by atoms with Crippen LogP contribution in [0.25, 0.3) is 11.0 Å². The highest BCUT2D eigenvalue weighted by atomic mass is 16.5. The molecule has 1 amide bonds. The minimum atomic E-state index is -0.135. The van der Waals surface area contributed by atoms with Crippen LogP contribution in [-0.4, -0.2) is 42.8 Å². The second kappa shape index (κ2) is 13.5. The van der Waals surface area contributed by atoms with Crippen molar-refractivity contribution in [2.75, 3.05) is 27.4 Å². The maximum atomic E-state index is 12.6. The van der Waals surface area contributed by atoms with Crippen molar-refractivity contribution in [3.05, 3.63) is 83.7 Å². The Morgan fingerprint density at radius 3 is 2.47 bits per heavy atom. The lowest BCUT2D eigenvalue weighted by molar-refractivity contribution is 0.0952. The van der Waals surface area contributed by atoms with Gasteiger partial charge < -0.3 is 24.1 Å². The number of hydrogen-bond acceptors (Lipinski definition) is 5. The number of methoxy groups -OCH3 is 2. The second-order valence-electron chi connectivity index (χ2n) is 9.15. The number of benzene rings is 3. The third kappa shape index (κ3) is 6.85. The van der Waals surface area contributed by atoms with E-state index in [2.05, 4.69) is 47.1 Å². The van der Waals surface area contributed by atoms with Gasteiger partial charge in [0.25, 0.3) is 5.91 Å². The summed E-state index contributed by atoms with van der Waals surface area (Å²) in [6.07, 6.45) is 4.56. The summed E-state index contributed by atoms with van der Waals surface area (Å²) in [5.41, 5.74) is 4.01. The Morgan fingerprint density at radius 2 is 1.71 bits per heavy atom. The van der Waals surface area contributed by atoms with Gasteiger partial charge in [-0.25, -0.2) is 4.98 Å². The van der Waals surface area contributed by atoms with Gasteiger partial charge in [0.1, 0.15) is 11.6 Å². The number of aryl methyl sites for hydroxylation is 3. The quantitative estimate of drug-likeness (QED) is 0.214. The Morgan fingerprint density at radius 1 is 0.921 bits per heavy atom. The topological polar surface area (TPSA) is 74.6 Å². The average Bonchev–Trinajstić information content (AvgIpc) is 3.32. The van der Waals surface area contributed by atoms with Crippen molar-refractivity contribution in [1.82, 2.24) is 14.9 Å². The minimum absolute atomic E-state index is 0.135. The number of carbonyl (C=O) groups is 1. The molecule has 1 aromatic heterocycles. The van der Waals surface area contributed by atoms with Crippen molar-refractivity contribution < 1.29 is 19.0 Å². The third-order valence-corrected chi connectivity index (χ3v) is 6.62. The number of para-hydroxylation sites is 2. The molecule has 3 aromatic carbocycles. The first kappa shape index (κ1) is 27.0. The predicted octanol–water partition coefficient (Wildman–Crippen LogP) is 5.84. The number of nitrogens with zero attached hydrogens (tertiary/aromatic N) is 2. The molecular weight excluding hydrogens is 478 g/mol. The van der Waals surface area contributed by atoms with Gasteiger partial charge in [-0.05, 0) is 73.7 Å². The van der Waals surface area contributed by atoms with E-state index in [9.17, 15) is 4.79 Å². The molecule has 7 heteroatoms. The maximum Gasteiger partial charge on any atom is 0.251 e. The Bertz CT molecular complexity index is 1330. The van der Waals surface area contributed by atoms with Crippen molar-refractivity contribution in [3.63, 3.8) is 0 Å². The van der Waals surface area contributed by atoms with Crippen molar-refractivity contribution in [3.8, 4) is 17.2 Å². The lowest BCUT2D eigenvalue weighted by atomic mass is 10.2. The first-order valence-corrected chi connectivity index (χ1v) is 13.3. The zero-order valence-electron chi connectivity index (χ0n) is 22.5. The summed E-state index contributed by atoms with van der Waals surface area (Å²) in [6, 6.07) is 21.7. The monoisotopic (exact) mass is 515 g/mol. The first-order chi connectivity index (χ1) is 18.6. The SMILES string of the molecule is CCc1ccc(OCCCCn2c(CCCNC(=O)c3ccc(OC)c(OC)c3)nc3ccccc32)cc1. The van der Waals surface area contributed by atoms with Gasteiger partial charge in [-0.2, -0.15) is 0 Å². The molecular formula is C31H37N3O4. The van der Waals surface area contributed by atoms with Gasteiger partial charge in [0, 0.05) is 25.1 Å². The van der Waals surface area contributed by atoms with Gasteiger partial charge in [-0.15, -0.1) is 0 Å². The molecule has 0 fully saturated rings. The fourth-order valence-corrected chi connectivity index (χ4v) is 4.48. The molecule has 0 bridgehead atoms. The summed E-state index contributed by atoms with van der Waals surface area (Å²) >= 11 is 0. The lowest BCUT2D eigenvalue weighted by Gasteiger charge is -2.11. The van der Waals surface area contributed by atoms with Crippen molar-refractivity contribution in [2.24, 2.45) is 0 Å². The van der Waals surface area contributed by atoms with Crippen LogP contribution in [0.2, 0.25) is 0 Å². The maximum absolute atomic E-state index is 12.6. The van der Waals surface area contributed by atoms with Crippen LogP contribution in [0.3, 0.4) is 0 Å². The molecule has 0 saturated heterocycles. The van der Waals surface area contributed by atoms with E-state index in [0.29, 0.717) is 30.2 Å². The second-order valence-corrected chi connectivity index (χ2v) is 9.15. The van der Waals surface area contributed by atoms with E-state index in [1.54, 1.807) is 32.4 Å². The van der Waals surface area contributed by atoms with Crippen LogP contribution in [0.4, 0.5) is 0 Å². The van der Waals surface area contributed by atoms with E-state index in [1.165, 1.54) is 5.56 Å². The highest BCUT2D eigenvalue weighted by molar-refractivity contribution is 5.94. The Labute approximate surface area is 224 Å². The highest BCUT2D eigenvalue weighted by Crippen LogP contribution is 2.27. The third-order valence-electron chi connectivity index (χ3n) is 6.62. The van der Waals surface area contributed by atoms with Gasteiger partial charge in [0.2, 0.25) is 0 Å². The largest absolute Gasteiger partial charge is 0.494 e. The van der Waals surface area contributed by atoms with E-state index in [0.717, 1.165) is 61.3 Å². The molecule has 4 rings (SSSR count). The number of aromatic nitrogens is 2. The predicted molar refractivity (Wildman–Crippen MR) is 150 cm³/mol. The molecule has 0 spiro atoms. The zero-order chi connectivity index (χ0) is 26.7. The number of nitrogens with one attached hydrogen (secondary N) is 1. The Balaban J connectivity index is 1.28. The molecule has 38 heavy (non-hydrogen) atoms. The fraction of sp³-hybridized carbons (Fsp3) is 0.355. The number of imidazole rings is 1. The summed E-state index contributed by atoms with van der Waals surface area (Å²) in [5.74, 6) is 2.96. The van der Waals surface area contributed by atoms with Crippen molar-refractivity contribution in [1.29, 1.82) is 0 Å². The van der Waals surface area contributed by atoms with E-state index in [1.807, 2.05) is 18.2 Å². The first-order valence-electron chi connectivity index (χ1n) is 13.3. The van der Waals surface area contributed by atoms with Crippen LogP contribution < -0.4 is 19.5 Å². The molecule has 0 saturated carbocycles. The van der Waals surface area contributed by atoms with E-state index in [4.69, 9.17) is 19.2 Å². The number of unbranched alkanes of at least 4 members (excludes halogenated alkanes) is 1. The summed E-state index contributed by atoms with van der Waals surface area (Å²) in [5, 5.41) is 3.00. The van der Waals surface area contributed by atoms with E-state index in [-0.39, 0.29) is 5.91 Å². The summed E-state index contributed by atoms with van der Waals surface area (Å²) in [6.45, 7) is 4.28. The molecule has 0 unspecified atom stereocenters. The molecule has 1 heterocycles.